The first-order chi connectivity index (χ1) is 18.1. The summed E-state index contributed by atoms with van der Waals surface area (Å²) in [4.78, 5) is 25.6. The highest BCUT2D eigenvalue weighted by Crippen LogP contribution is 2.35. The standard InChI is InChI=1S/C30H35NO7S/c1-19-10-12-21(13-11-19)28(32)36-18-24-17-22(26(38-39(6,34)35)27(31)30(3,4)5)14-15-25(24)37-29(33)23-9-7-8-20(2)16-23/h7-17,26-27H,18,31H2,1-6H3. The van der Waals surface area contributed by atoms with Gasteiger partial charge in [0.2, 0.25) is 0 Å². The molecule has 9 heteroatoms. The molecule has 3 aromatic carbocycles. The largest absolute Gasteiger partial charge is 0.457 e. The number of hydrogen-bond acceptors (Lipinski definition) is 8. The zero-order chi connectivity index (χ0) is 29.0. The summed E-state index contributed by atoms with van der Waals surface area (Å²) in [6.07, 6.45) is -0.0782. The summed E-state index contributed by atoms with van der Waals surface area (Å²) in [6, 6.07) is 17.8. The third-order valence-corrected chi connectivity index (χ3v) is 6.68. The third-order valence-electron chi connectivity index (χ3n) is 6.12. The maximum atomic E-state index is 12.9. The van der Waals surface area contributed by atoms with Gasteiger partial charge in [-0.15, -0.1) is 0 Å². The van der Waals surface area contributed by atoms with Crippen molar-refractivity contribution in [1.29, 1.82) is 0 Å². The van der Waals surface area contributed by atoms with E-state index in [0.29, 0.717) is 22.3 Å². The molecule has 3 rings (SSSR count). The lowest BCUT2D eigenvalue weighted by Crippen LogP contribution is -2.42. The van der Waals surface area contributed by atoms with Crippen LogP contribution in [0.1, 0.15) is 69.8 Å². The Morgan fingerprint density at radius 3 is 2.13 bits per heavy atom. The van der Waals surface area contributed by atoms with Gasteiger partial charge < -0.3 is 15.2 Å². The van der Waals surface area contributed by atoms with Crippen molar-refractivity contribution >= 4 is 22.1 Å². The number of benzene rings is 3. The van der Waals surface area contributed by atoms with Crippen LogP contribution in [0.25, 0.3) is 0 Å². The van der Waals surface area contributed by atoms with E-state index in [0.717, 1.165) is 17.4 Å². The number of hydrogen-bond donors (Lipinski definition) is 1. The Labute approximate surface area is 230 Å². The van der Waals surface area contributed by atoms with Gasteiger partial charge in [-0.2, -0.15) is 8.42 Å². The number of ether oxygens (including phenoxy) is 2. The Hall–Kier alpha value is -3.53. The van der Waals surface area contributed by atoms with Crippen molar-refractivity contribution in [2.75, 3.05) is 6.26 Å². The van der Waals surface area contributed by atoms with Crippen molar-refractivity contribution in [2.45, 2.75) is 53.4 Å². The quantitative estimate of drug-likeness (QED) is 0.216. The van der Waals surface area contributed by atoms with Crippen molar-refractivity contribution in [2.24, 2.45) is 11.1 Å². The molecule has 0 aliphatic carbocycles. The van der Waals surface area contributed by atoms with Gasteiger partial charge in [0.05, 0.1) is 17.4 Å². The second-order valence-corrected chi connectivity index (χ2v) is 12.3. The van der Waals surface area contributed by atoms with Gasteiger partial charge in [-0.05, 0) is 61.2 Å². The smallest absolute Gasteiger partial charge is 0.343 e. The number of esters is 2. The van der Waals surface area contributed by atoms with Crippen molar-refractivity contribution in [1.82, 2.24) is 0 Å². The molecule has 0 saturated heterocycles. The Balaban J connectivity index is 2.00. The lowest BCUT2D eigenvalue weighted by atomic mass is 9.81. The normalized spacial score (nSPS) is 13.4. The number of carbonyl (C=O) groups is 2. The van der Waals surface area contributed by atoms with Crippen LogP contribution in [0, 0.1) is 19.3 Å². The first-order valence-electron chi connectivity index (χ1n) is 12.4. The van der Waals surface area contributed by atoms with Crippen LogP contribution >= 0.6 is 0 Å². The number of nitrogens with two attached hydrogens (primary N) is 1. The highest BCUT2D eigenvalue weighted by atomic mass is 32.2. The van der Waals surface area contributed by atoms with Crippen LogP contribution in [-0.2, 0) is 25.6 Å². The summed E-state index contributed by atoms with van der Waals surface area (Å²) in [5.74, 6) is -0.996. The van der Waals surface area contributed by atoms with Crippen LogP contribution < -0.4 is 10.5 Å². The van der Waals surface area contributed by atoms with Gasteiger partial charge in [-0.25, -0.2) is 9.59 Å². The molecular weight excluding hydrogens is 518 g/mol. The molecule has 0 aliphatic heterocycles. The number of rotatable bonds is 9. The van der Waals surface area contributed by atoms with Crippen LogP contribution in [0.15, 0.2) is 66.7 Å². The molecule has 2 atom stereocenters. The highest BCUT2D eigenvalue weighted by molar-refractivity contribution is 7.86. The summed E-state index contributed by atoms with van der Waals surface area (Å²) in [7, 11) is -3.87. The average molecular weight is 554 g/mol. The fraction of sp³-hybridized carbons (Fsp3) is 0.333. The van der Waals surface area contributed by atoms with Gasteiger partial charge in [0.1, 0.15) is 18.5 Å². The Morgan fingerprint density at radius 2 is 1.54 bits per heavy atom. The zero-order valence-electron chi connectivity index (χ0n) is 23.1. The fourth-order valence-corrected chi connectivity index (χ4v) is 4.41. The molecule has 8 nitrogen and oxygen atoms in total. The number of aryl methyl sites for hydroxylation is 2. The van der Waals surface area contributed by atoms with Crippen molar-refractivity contribution in [3.8, 4) is 5.75 Å². The van der Waals surface area contributed by atoms with Crippen LogP contribution in [0.4, 0.5) is 0 Å². The van der Waals surface area contributed by atoms with Crippen molar-refractivity contribution < 1.29 is 31.7 Å². The third kappa shape index (κ3) is 8.48. The molecule has 0 heterocycles. The summed E-state index contributed by atoms with van der Waals surface area (Å²) in [5.41, 5.74) is 9.32. The predicted octanol–water partition coefficient (Wildman–Crippen LogP) is 5.27. The predicted molar refractivity (Wildman–Crippen MR) is 149 cm³/mol. The lowest BCUT2D eigenvalue weighted by molar-refractivity contribution is 0.0469. The topological polar surface area (TPSA) is 122 Å². The summed E-state index contributed by atoms with van der Waals surface area (Å²) < 4.78 is 40.9. The molecule has 2 N–H and O–H groups in total. The molecular formula is C30H35NO7S. The molecule has 0 spiro atoms. The minimum Gasteiger partial charge on any atom is -0.457 e. The van der Waals surface area contributed by atoms with E-state index in [1.54, 1.807) is 54.6 Å². The van der Waals surface area contributed by atoms with Crippen LogP contribution in [0.2, 0.25) is 0 Å². The Bertz CT molecular complexity index is 1440. The van der Waals surface area contributed by atoms with E-state index in [2.05, 4.69) is 0 Å². The van der Waals surface area contributed by atoms with E-state index in [1.165, 1.54) is 6.07 Å². The van der Waals surface area contributed by atoms with Gasteiger partial charge in [-0.3, -0.25) is 4.18 Å². The van der Waals surface area contributed by atoms with Gasteiger partial charge in [-0.1, -0.05) is 62.2 Å². The maximum Gasteiger partial charge on any atom is 0.343 e. The first-order valence-corrected chi connectivity index (χ1v) is 14.2. The van der Waals surface area contributed by atoms with E-state index in [9.17, 15) is 18.0 Å². The minimum atomic E-state index is -3.87. The SMILES string of the molecule is Cc1ccc(C(=O)OCc2cc(C(OS(C)(=O)=O)C(N)C(C)(C)C)ccc2OC(=O)c2cccc(C)c2)cc1. The molecule has 3 aromatic rings. The second-order valence-electron chi connectivity index (χ2n) is 10.7. The number of carbonyl (C=O) groups excluding carboxylic acids is 2. The molecule has 208 valence electrons. The van der Waals surface area contributed by atoms with E-state index in [4.69, 9.17) is 19.4 Å². The van der Waals surface area contributed by atoms with Crippen molar-refractivity contribution in [3.05, 3.63) is 100 Å². The van der Waals surface area contributed by atoms with Gasteiger partial charge in [0, 0.05) is 11.6 Å². The van der Waals surface area contributed by atoms with Crippen LogP contribution in [0.5, 0.6) is 5.75 Å². The van der Waals surface area contributed by atoms with Crippen LogP contribution in [0.3, 0.4) is 0 Å². The minimum absolute atomic E-state index is 0.157. The molecule has 0 radical (unpaired) electrons. The summed E-state index contributed by atoms with van der Waals surface area (Å²) in [6.45, 7) is 9.15. The highest BCUT2D eigenvalue weighted by Gasteiger charge is 2.34. The van der Waals surface area contributed by atoms with Gasteiger partial charge >= 0.3 is 11.9 Å². The van der Waals surface area contributed by atoms with Crippen LogP contribution in [-0.4, -0.2) is 32.7 Å². The van der Waals surface area contributed by atoms with E-state index in [1.807, 2.05) is 40.7 Å². The molecule has 2 unspecified atom stereocenters. The van der Waals surface area contributed by atoms with E-state index >= 15 is 0 Å². The lowest BCUT2D eigenvalue weighted by Gasteiger charge is -2.33. The zero-order valence-corrected chi connectivity index (χ0v) is 23.9. The second kappa shape index (κ2) is 12.1. The summed E-state index contributed by atoms with van der Waals surface area (Å²) in [5, 5.41) is 0. The molecule has 0 aliphatic rings. The van der Waals surface area contributed by atoms with E-state index in [-0.39, 0.29) is 12.4 Å². The maximum absolute atomic E-state index is 12.9. The van der Waals surface area contributed by atoms with E-state index < -0.39 is 39.6 Å². The fourth-order valence-electron chi connectivity index (χ4n) is 3.80. The monoisotopic (exact) mass is 553 g/mol. The van der Waals surface area contributed by atoms with Gasteiger partial charge in [0.15, 0.2) is 0 Å². The Morgan fingerprint density at radius 1 is 0.872 bits per heavy atom. The van der Waals surface area contributed by atoms with Crippen molar-refractivity contribution in [3.63, 3.8) is 0 Å². The Kier molecular flexibility index (Phi) is 9.32. The molecule has 0 aromatic heterocycles. The molecule has 0 fully saturated rings. The average Bonchev–Trinajstić information content (AvgIpc) is 2.85. The van der Waals surface area contributed by atoms with Gasteiger partial charge in [0.25, 0.3) is 10.1 Å². The molecule has 0 saturated carbocycles. The molecule has 0 bridgehead atoms. The molecule has 39 heavy (non-hydrogen) atoms. The molecule has 0 amide bonds. The first kappa shape index (κ1) is 30.0. The summed E-state index contributed by atoms with van der Waals surface area (Å²) >= 11 is 0.